The normalized spacial score (nSPS) is 11.8. The quantitative estimate of drug-likeness (QED) is 0.638. The van der Waals surface area contributed by atoms with Crippen LogP contribution >= 0.6 is 11.6 Å². The fourth-order valence-corrected chi connectivity index (χ4v) is 1.94. The lowest BCUT2D eigenvalue weighted by molar-refractivity contribution is -0.384. The summed E-state index contributed by atoms with van der Waals surface area (Å²) in [5.41, 5.74) is -0.0111. The van der Waals surface area contributed by atoms with Gasteiger partial charge >= 0.3 is 0 Å². The molecular formula is C12H16ClN3O4. The molecule has 1 aromatic carbocycles. The van der Waals surface area contributed by atoms with Crippen LogP contribution in [-0.4, -0.2) is 47.6 Å². The maximum atomic E-state index is 12.2. The highest BCUT2D eigenvalue weighted by atomic mass is 35.5. The summed E-state index contributed by atoms with van der Waals surface area (Å²) in [5, 5.41) is 22.8. The minimum absolute atomic E-state index is 0.0927. The second kappa shape index (κ2) is 6.53. The molecule has 1 unspecified atom stereocenters. The zero-order valence-corrected chi connectivity index (χ0v) is 12.1. The van der Waals surface area contributed by atoms with Crippen molar-refractivity contribution in [3.05, 3.63) is 32.8 Å². The summed E-state index contributed by atoms with van der Waals surface area (Å²) in [6, 6.07) is 2.13. The molecule has 2 N–H and O–H groups in total. The van der Waals surface area contributed by atoms with E-state index in [-0.39, 0.29) is 28.6 Å². The van der Waals surface area contributed by atoms with Crippen LogP contribution < -0.4 is 5.32 Å². The number of benzene rings is 1. The summed E-state index contributed by atoms with van der Waals surface area (Å²) >= 11 is 5.95. The maximum Gasteiger partial charge on any atom is 0.294 e. The number of carbonyl (C=O) groups excluding carboxylic acids is 1. The standard InChI is InChI=1S/C12H16ClN3O4/c1-7(6-17)15(3)12(18)8-4-9(13)11(14-2)10(5-8)16(19)20/h4-5,7,14,17H,6H2,1-3H3. The Morgan fingerprint density at radius 2 is 2.20 bits per heavy atom. The van der Waals surface area contributed by atoms with Crippen LogP contribution in [0.1, 0.15) is 17.3 Å². The number of nitrogens with one attached hydrogen (secondary N) is 1. The third-order valence-electron chi connectivity index (χ3n) is 3.01. The lowest BCUT2D eigenvalue weighted by Crippen LogP contribution is -2.37. The summed E-state index contributed by atoms with van der Waals surface area (Å²) in [5.74, 6) is -0.445. The maximum absolute atomic E-state index is 12.2. The molecule has 0 aromatic heterocycles. The van der Waals surface area contributed by atoms with Crippen molar-refractivity contribution in [2.24, 2.45) is 0 Å². The number of anilines is 1. The second-order valence-electron chi connectivity index (χ2n) is 4.31. The lowest BCUT2D eigenvalue weighted by Gasteiger charge is -2.23. The van der Waals surface area contributed by atoms with E-state index in [1.807, 2.05) is 0 Å². The second-order valence-corrected chi connectivity index (χ2v) is 4.71. The number of aliphatic hydroxyl groups excluding tert-OH is 1. The minimum Gasteiger partial charge on any atom is -0.394 e. The number of carbonyl (C=O) groups is 1. The van der Waals surface area contributed by atoms with Crippen LogP contribution in [0.4, 0.5) is 11.4 Å². The molecule has 1 amide bonds. The van der Waals surface area contributed by atoms with Crippen molar-refractivity contribution in [1.29, 1.82) is 0 Å². The Hall–Kier alpha value is -1.86. The van der Waals surface area contributed by atoms with Crippen molar-refractivity contribution >= 4 is 28.9 Å². The molecule has 0 aliphatic heterocycles. The highest BCUT2D eigenvalue weighted by Crippen LogP contribution is 2.33. The van der Waals surface area contributed by atoms with Crippen LogP contribution in [0.5, 0.6) is 0 Å². The van der Waals surface area contributed by atoms with Gasteiger partial charge in [0.05, 0.1) is 22.6 Å². The van der Waals surface area contributed by atoms with Crippen molar-refractivity contribution < 1.29 is 14.8 Å². The van der Waals surface area contributed by atoms with Crippen molar-refractivity contribution in [2.75, 3.05) is 26.0 Å². The Kier molecular flexibility index (Phi) is 5.29. The highest BCUT2D eigenvalue weighted by Gasteiger charge is 2.23. The van der Waals surface area contributed by atoms with E-state index >= 15 is 0 Å². The average Bonchev–Trinajstić information content (AvgIpc) is 2.43. The summed E-state index contributed by atoms with van der Waals surface area (Å²) < 4.78 is 0. The third-order valence-corrected chi connectivity index (χ3v) is 3.31. The van der Waals surface area contributed by atoms with Crippen LogP contribution in [0.25, 0.3) is 0 Å². The molecule has 0 spiro atoms. The van der Waals surface area contributed by atoms with Gasteiger partial charge in [-0.25, -0.2) is 0 Å². The molecule has 7 nitrogen and oxygen atoms in total. The van der Waals surface area contributed by atoms with E-state index in [1.165, 1.54) is 31.1 Å². The Morgan fingerprint density at radius 1 is 1.60 bits per heavy atom. The van der Waals surface area contributed by atoms with Crippen molar-refractivity contribution in [3.63, 3.8) is 0 Å². The summed E-state index contributed by atoms with van der Waals surface area (Å²) in [7, 11) is 3.02. The molecule has 0 radical (unpaired) electrons. The van der Waals surface area contributed by atoms with Gasteiger partial charge in [0.1, 0.15) is 5.69 Å². The molecule has 8 heteroatoms. The molecular weight excluding hydrogens is 286 g/mol. The number of nitro groups is 1. The highest BCUT2D eigenvalue weighted by molar-refractivity contribution is 6.34. The Labute approximate surface area is 121 Å². The number of halogens is 1. The molecule has 110 valence electrons. The van der Waals surface area contributed by atoms with Crippen LogP contribution in [0, 0.1) is 10.1 Å². The summed E-state index contributed by atoms with van der Waals surface area (Å²) in [6.45, 7) is 1.46. The predicted octanol–water partition coefficient (Wildman–Crippen LogP) is 1.74. The van der Waals surface area contributed by atoms with Gasteiger partial charge < -0.3 is 15.3 Å². The number of hydrogen-bond acceptors (Lipinski definition) is 5. The number of rotatable bonds is 5. The van der Waals surface area contributed by atoms with E-state index in [2.05, 4.69) is 5.32 Å². The number of aliphatic hydroxyl groups is 1. The van der Waals surface area contributed by atoms with Gasteiger partial charge in [0.2, 0.25) is 0 Å². The molecule has 0 saturated carbocycles. The molecule has 0 heterocycles. The first-order valence-electron chi connectivity index (χ1n) is 5.87. The molecule has 1 atom stereocenters. The monoisotopic (exact) mass is 301 g/mol. The lowest BCUT2D eigenvalue weighted by atomic mass is 10.1. The van der Waals surface area contributed by atoms with Crippen molar-refractivity contribution in [3.8, 4) is 0 Å². The van der Waals surface area contributed by atoms with Gasteiger partial charge in [0.25, 0.3) is 11.6 Å². The SMILES string of the molecule is CNc1c(Cl)cc(C(=O)N(C)C(C)CO)cc1[N+](=O)[O-]. The number of nitrogens with zero attached hydrogens (tertiary/aromatic N) is 2. The average molecular weight is 302 g/mol. The Balaban J connectivity index is 3.27. The fourth-order valence-electron chi connectivity index (χ4n) is 1.63. The van der Waals surface area contributed by atoms with Gasteiger partial charge in [-0.2, -0.15) is 0 Å². The Bertz CT molecular complexity index is 536. The van der Waals surface area contributed by atoms with Crippen LogP contribution in [0.15, 0.2) is 12.1 Å². The molecule has 1 aromatic rings. The Morgan fingerprint density at radius 3 is 2.65 bits per heavy atom. The third kappa shape index (κ3) is 3.17. The molecule has 0 fully saturated rings. The predicted molar refractivity (Wildman–Crippen MR) is 76.3 cm³/mol. The number of amides is 1. The number of likely N-dealkylation sites (N-methyl/N-ethyl adjacent to an activating group) is 1. The number of nitro benzene ring substituents is 1. The van der Waals surface area contributed by atoms with Gasteiger partial charge in [-0.05, 0) is 13.0 Å². The van der Waals surface area contributed by atoms with Gasteiger partial charge in [-0.1, -0.05) is 11.6 Å². The van der Waals surface area contributed by atoms with Crippen LogP contribution in [0.2, 0.25) is 5.02 Å². The smallest absolute Gasteiger partial charge is 0.294 e. The van der Waals surface area contributed by atoms with E-state index < -0.39 is 16.9 Å². The molecule has 20 heavy (non-hydrogen) atoms. The zero-order chi connectivity index (χ0) is 15.4. The molecule has 0 aliphatic rings. The van der Waals surface area contributed by atoms with Gasteiger partial charge in [-0.3, -0.25) is 14.9 Å². The van der Waals surface area contributed by atoms with Gasteiger partial charge in [0, 0.05) is 25.7 Å². The largest absolute Gasteiger partial charge is 0.394 e. The first-order valence-corrected chi connectivity index (χ1v) is 6.25. The van der Waals surface area contributed by atoms with E-state index in [0.717, 1.165) is 0 Å². The minimum atomic E-state index is -0.607. The van der Waals surface area contributed by atoms with E-state index in [4.69, 9.17) is 16.7 Å². The molecule has 0 bridgehead atoms. The molecule has 0 aliphatic carbocycles. The van der Waals surface area contributed by atoms with E-state index in [0.29, 0.717) is 0 Å². The molecule has 1 rings (SSSR count). The van der Waals surface area contributed by atoms with E-state index in [1.54, 1.807) is 6.92 Å². The first-order chi connectivity index (χ1) is 9.33. The first kappa shape index (κ1) is 16.2. The van der Waals surface area contributed by atoms with Crippen LogP contribution in [-0.2, 0) is 0 Å². The fraction of sp³-hybridized carbons (Fsp3) is 0.417. The van der Waals surface area contributed by atoms with E-state index in [9.17, 15) is 14.9 Å². The zero-order valence-electron chi connectivity index (χ0n) is 11.4. The molecule has 0 saturated heterocycles. The number of hydrogen-bond donors (Lipinski definition) is 2. The topological polar surface area (TPSA) is 95.7 Å². The van der Waals surface area contributed by atoms with Gasteiger partial charge in [0.15, 0.2) is 0 Å². The van der Waals surface area contributed by atoms with Crippen molar-refractivity contribution in [1.82, 2.24) is 4.90 Å². The van der Waals surface area contributed by atoms with Crippen molar-refractivity contribution in [2.45, 2.75) is 13.0 Å². The van der Waals surface area contributed by atoms with Crippen LogP contribution in [0.3, 0.4) is 0 Å². The van der Waals surface area contributed by atoms with Gasteiger partial charge in [-0.15, -0.1) is 0 Å². The summed E-state index contributed by atoms with van der Waals surface area (Å²) in [4.78, 5) is 23.9. The summed E-state index contributed by atoms with van der Waals surface area (Å²) in [6.07, 6.45) is 0.